The fraction of sp³-hybridized carbons (Fsp3) is 0.455. The van der Waals surface area contributed by atoms with E-state index < -0.39 is 40.4 Å². The fourth-order valence-corrected chi connectivity index (χ4v) is 13.2. The van der Waals surface area contributed by atoms with E-state index in [1.165, 1.54) is 18.5 Å². The van der Waals surface area contributed by atoms with Gasteiger partial charge in [-0.25, -0.2) is 28.3 Å². The summed E-state index contributed by atoms with van der Waals surface area (Å²) in [7, 11) is 3.95. The number of nitrogens with one attached hydrogen (secondary N) is 1. The number of alkyl halides is 4. The van der Waals surface area contributed by atoms with Crippen molar-refractivity contribution in [2.24, 2.45) is 14.1 Å². The number of aliphatic carboxylic acids is 1. The molecule has 6 heterocycles. The van der Waals surface area contributed by atoms with Gasteiger partial charge >= 0.3 is 17.9 Å². The smallest absolute Gasteiger partial charge is 0.341 e. The Morgan fingerprint density at radius 3 is 1.34 bits per heavy atom. The lowest BCUT2D eigenvalue weighted by molar-refractivity contribution is -0.137. The molecule has 2 aliphatic carbocycles. The molecule has 2 saturated carbocycles. The summed E-state index contributed by atoms with van der Waals surface area (Å²) in [5.41, 5.74) is 5.96. The molecule has 0 spiro atoms. The standard InChI is InChI=1S/C33H37Cl2FN6O4.C17H18FN3O3.C16H21Cl2N3O2.2ClH/c1-38-27-8-7-22(39(11-9-34)12-10-35)17-26(27)37-30(38)3-2-4-31(43)41-15-13-40(14-16-41)29-19-28-23(18-25(29)36)32(44)24(33(45)46)20-42(28)21-5-6-21;18-13-7-11-14(8-15(13)20-5-3-19-4-6-20)21(10-1-2-10)9-12(16(11)22)17(23)24;1-20-14-6-5-12(21(9-7-17)10-8-18)11-13(14)19-15(20)3-2-4-16(22)23;;/h7-8,17-21H,2-6,9-16H2,1H3,(H,45,46);7-10,19H,1-6H2,(H,23,24);5-6,11H,2-4,7-10H2,1H3,(H,22,23);2*1H. The van der Waals surface area contributed by atoms with Gasteiger partial charge in [0.05, 0.1) is 44.5 Å². The first-order chi connectivity index (χ1) is 44.8. The van der Waals surface area contributed by atoms with Crippen molar-refractivity contribution >= 4 is 162 Å². The van der Waals surface area contributed by atoms with Crippen LogP contribution in [0.1, 0.15) is 95.8 Å². The minimum atomic E-state index is -1.32. The second-order valence-electron chi connectivity index (χ2n) is 23.7. The van der Waals surface area contributed by atoms with Crippen molar-refractivity contribution in [3.8, 4) is 0 Å². The third-order valence-electron chi connectivity index (χ3n) is 17.6. The second-order valence-corrected chi connectivity index (χ2v) is 25.2. The first kappa shape index (κ1) is 73.7. The maximum atomic E-state index is 15.4. The summed E-state index contributed by atoms with van der Waals surface area (Å²) in [5.74, 6) is -0.456. The van der Waals surface area contributed by atoms with E-state index in [9.17, 15) is 43.4 Å². The number of pyridine rings is 2. The number of carboxylic acids is 3. The number of carbonyl (C=O) groups excluding carboxylic acids is 1. The van der Waals surface area contributed by atoms with E-state index in [0.29, 0.717) is 130 Å². The van der Waals surface area contributed by atoms with Gasteiger partial charge < -0.3 is 63.4 Å². The van der Waals surface area contributed by atoms with Gasteiger partial charge in [-0.05, 0) is 99.2 Å². The molecule has 4 fully saturated rings. The van der Waals surface area contributed by atoms with Crippen molar-refractivity contribution in [3.63, 3.8) is 0 Å². The number of anilines is 4. The zero-order chi connectivity index (χ0) is 66.2. The molecule has 4 aliphatic rings. The number of imidazole rings is 2. The number of halogens is 8. The molecule has 1 amide bonds. The normalized spacial score (nSPS) is 14.6. The van der Waals surface area contributed by atoms with Crippen molar-refractivity contribution in [2.45, 2.75) is 76.3 Å². The highest BCUT2D eigenvalue weighted by Crippen LogP contribution is 2.40. The number of hydrogen-bond acceptors (Lipinski definition) is 13. The van der Waals surface area contributed by atoms with Gasteiger partial charge in [0.25, 0.3) is 0 Å². The number of aryl methyl sites for hydroxylation is 4. The van der Waals surface area contributed by atoms with Crippen LogP contribution in [0, 0.1) is 11.6 Å². The molecule has 4 N–H and O–H groups in total. The summed E-state index contributed by atoms with van der Waals surface area (Å²) in [6.07, 6.45) is 9.54. The van der Waals surface area contributed by atoms with E-state index in [-0.39, 0.29) is 71.1 Å². The van der Waals surface area contributed by atoms with Crippen LogP contribution in [0.15, 0.2) is 82.6 Å². The number of carbonyl (C=O) groups is 4. The van der Waals surface area contributed by atoms with Crippen molar-refractivity contribution in [1.82, 2.24) is 38.5 Å². The van der Waals surface area contributed by atoms with E-state index in [1.807, 2.05) is 56.1 Å². The average molecular weight is 1430 g/mol. The van der Waals surface area contributed by atoms with Crippen LogP contribution in [0.4, 0.5) is 31.5 Å². The number of nitrogens with zero attached hydrogens (tertiary/aromatic N) is 11. The van der Waals surface area contributed by atoms with Crippen molar-refractivity contribution in [3.05, 3.63) is 128 Å². The number of aromatic nitrogens is 6. The van der Waals surface area contributed by atoms with Crippen LogP contribution in [0.5, 0.6) is 0 Å². The molecule has 512 valence electrons. The molecule has 2 aliphatic heterocycles. The highest BCUT2D eigenvalue weighted by molar-refractivity contribution is 6.19. The fourth-order valence-electron chi connectivity index (χ4n) is 12.3. The average Bonchev–Trinajstić information content (AvgIpc) is 1.75. The summed E-state index contributed by atoms with van der Waals surface area (Å²) < 4.78 is 37.7. The number of rotatable bonds is 24. The van der Waals surface area contributed by atoms with Crippen LogP contribution in [-0.4, -0.2) is 174 Å². The monoisotopic (exact) mass is 1430 g/mol. The van der Waals surface area contributed by atoms with Crippen LogP contribution in [0.2, 0.25) is 0 Å². The van der Waals surface area contributed by atoms with E-state index in [0.717, 1.165) is 103 Å². The summed E-state index contributed by atoms with van der Waals surface area (Å²) >= 11 is 23.7. The third-order valence-corrected chi connectivity index (χ3v) is 18.3. The van der Waals surface area contributed by atoms with Crippen LogP contribution in [0.25, 0.3) is 43.9 Å². The van der Waals surface area contributed by atoms with Crippen molar-refractivity contribution in [2.75, 3.05) is 122 Å². The first-order valence-corrected chi connectivity index (χ1v) is 33.5. The van der Waals surface area contributed by atoms with Crippen molar-refractivity contribution in [1.29, 1.82) is 0 Å². The first-order valence-electron chi connectivity index (χ1n) is 31.4. The summed E-state index contributed by atoms with van der Waals surface area (Å²) in [4.78, 5) is 91.4. The third kappa shape index (κ3) is 17.2. The molecule has 2 saturated heterocycles. The molecular weight excluding hydrogens is 1360 g/mol. The number of hydrogen-bond donors (Lipinski definition) is 4. The Labute approximate surface area is 579 Å². The van der Waals surface area contributed by atoms with E-state index in [4.69, 9.17) is 56.5 Å². The molecule has 0 atom stereocenters. The molecule has 12 rings (SSSR count). The Kier molecular flexibility index (Phi) is 25.8. The predicted molar refractivity (Wildman–Crippen MR) is 377 cm³/mol. The maximum absolute atomic E-state index is 15.4. The Bertz CT molecular complexity index is 4190. The zero-order valence-corrected chi connectivity index (χ0v) is 57.4. The largest absolute Gasteiger partial charge is 0.481 e. The SMILES string of the molecule is Cl.Cl.Cn1c(CCCC(=O)N2CCN(c3cc4c(cc3F)c(=O)c(C(=O)O)cn4C3CC3)CC2)nc2cc(N(CCCl)CCCl)ccc21.Cn1c(CCCC(=O)O)nc2cc(N(CCCl)CCCl)ccc21.O=C(O)c1cn(C2CC2)c2cc(N3CCNCC3)c(F)cc2c1=O. The van der Waals surface area contributed by atoms with Crippen LogP contribution >= 0.6 is 71.2 Å². The molecular formula is C66H78Cl6F2N12O9. The van der Waals surface area contributed by atoms with Gasteiger partial charge in [-0.1, -0.05) is 0 Å². The molecule has 8 aromatic rings. The quantitative estimate of drug-likeness (QED) is 0.0412. The van der Waals surface area contributed by atoms with Gasteiger partial charge in [0.15, 0.2) is 0 Å². The Balaban J connectivity index is 0.000000199. The lowest BCUT2D eigenvalue weighted by Crippen LogP contribution is -2.49. The highest BCUT2D eigenvalue weighted by Gasteiger charge is 2.31. The number of benzene rings is 4. The molecule has 4 aromatic heterocycles. The van der Waals surface area contributed by atoms with Gasteiger partial charge in [0, 0.05) is 188 Å². The molecule has 29 heteroatoms. The lowest BCUT2D eigenvalue weighted by atomic mass is 10.1. The van der Waals surface area contributed by atoms with Gasteiger partial charge in [-0.2, -0.15) is 0 Å². The minimum Gasteiger partial charge on any atom is -0.481 e. The van der Waals surface area contributed by atoms with Gasteiger partial charge in [-0.3, -0.25) is 19.2 Å². The van der Waals surface area contributed by atoms with E-state index in [2.05, 4.69) is 42.9 Å². The van der Waals surface area contributed by atoms with Gasteiger partial charge in [-0.15, -0.1) is 71.2 Å². The zero-order valence-electron chi connectivity index (χ0n) is 52.8. The molecule has 4 aromatic carbocycles. The highest BCUT2D eigenvalue weighted by atomic mass is 35.5. The molecule has 21 nitrogen and oxygen atoms in total. The summed E-state index contributed by atoms with van der Waals surface area (Å²) in [6.45, 7) is 7.65. The second kappa shape index (κ2) is 33.2. The van der Waals surface area contributed by atoms with E-state index >= 15 is 4.39 Å². The number of piperazine rings is 2. The number of amides is 1. The summed E-state index contributed by atoms with van der Waals surface area (Å²) in [5, 5.41) is 30.9. The Morgan fingerprint density at radius 2 is 0.958 bits per heavy atom. The maximum Gasteiger partial charge on any atom is 0.341 e. The molecule has 0 bridgehead atoms. The Morgan fingerprint density at radius 1 is 0.558 bits per heavy atom. The lowest BCUT2D eigenvalue weighted by Gasteiger charge is -2.36. The topological polar surface area (TPSA) is 237 Å². The van der Waals surface area contributed by atoms with Crippen LogP contribution in [0.3, 0.4) is 0 Å². The molecule has 0 radical (unpaired) electrons. The Hall–Kier alpha value is -7.12. The molecule has 95 heavy (non-hydrogen) atoms. The number of fused-ring (bicyclic) bond motifs is 4. The number of aromatic carboxylic acids is 2. The van der Waals surface area contributed by atoms with Gasteiger partial charge in [0.1, 0.15) is 34.4 Å². The van der Waals surface area contributed by atoms with Crippen LogP contribution in [-0.2, 0) is 36.5 Å². The molecule has 0 unspecified atom stereocenters. The predicted octanol–water partition coefficient (Wildman–Crippen LogP) is 10.7. The van der Waals surface area contributed by atoms with E-state index in [1.54, 1.807) is 16.7 Å². The van der Waals surface area contributed by atoms with Gasteiger partial charge in [0.2, 0.25) is 16.8 Å². The summed E-state index contributed by atoms with van der Waals surface area (Å²) in [6, 6.07) is 18.3. The van der Waals surface area contributed by atoms with Crippen LogP contribution < -0.4 is 35.8 Å². The number of carboxylic acid groups (broad SMARTS) is 3. The minimum absolute atomic E-state index is 0. The van der Waals surface area contributed by atoms with Crippen molar-refractivity contribution < 1.29 is 43.3 Å².